The molecule has 3 unspecified atom stereocenters. The number of alkyl carbamates (subject to hydrolysis) is 1. The van der Waals surface area contributed by atoms with Crippen LogP contribution in [0.15, 0.2) is 30.8 Å². The summed E-state index contributed by atoms with van der Waals surface area (Å²) in [7, 11) is 0. The summed E-state index contributed by atoms with van der Waals surface area (Å²) in [6, 6.07) is 7.34. The Morgan fingerprint density at radius 3 is 2.35 bits per heavy atom. The van der Waals surface area contributed by atoms with Gasteiger partial charge in [0, 0.05) is 12.1 Å². The van der Waals surface area contributed by atoms with E-state index in [4.69, 9.17) is 11.2 Å². The Balaban J connectivity index is 3.40. The number of carbonyl (C=O) groups excluding carboxylic acids is 3. The zero-order valence-electron chi connectivity index (χ0n) is 21.5. The molecule has 7 heteroatoms. The Morgan fingerprint density at radius 1 is 1.21 bits per heavy atom. The maximum atomic E-state index is 13.6. The van der Waals surface area contributed by atoms with Gasteiger partial charge in [-0.1, -0.05) is 64.5 Å². The first kappa shape index (κ1) is 28.8. The summed E-state index contributed by atoms with van der Waals surface area (Å²) >= 11 is 0. The van der Waals surface area contributed by atoms with E-state index in [1.807, 2.05) is 19.9 Å². The summed E-state index contributed by atoms with van der Waals surface area (Å²) in [4.78, 5) is 40.5. The fourth-order valence-electron chi connectivity index (χ4n) is 3.46. The number of benzene rings is 1. The summed E-state index contributed by atoms with van der Waals surface area (Å²) in [5, 5.41) is 5.58. The summed E-state index contributed by atoms with van der Waals surface area (Å²) in [5.74, 6) is -1.28. The standard InChI is InChI=1S/C27H39N3O4/c1-10-14-19(6)28-24(31)23(21-16-13-15-20(11-2)17-21)30(12-3)25(32)22(18(4)5)29-26(33)34-27(7,8)9/h3,11,13,15-19,22-23H,2,10,14H2,1,4-9H3,(H,28,31)(H,29,33). The van der Waals surface area contributed by atoms with E-state index in [1.165, 1.54) is 0 Å². The minimum absolute atomic E-state index is 0.0990. The van der Waals surface area contributed by atoms with Crippen LogP contribution in [-0.2, 0) is 14.3 Å². The molecule has 0 radical (unpaired) electrons. The summed E-state index contributed by atoms with van der Waals surface area (Å²) < 4.78 is 5.32. The van der Waals surface area contributed by atoms with E-state index in [1.54, 1.807) is 58.9 Å². The molecule has 0 fully saturated rings. The molecule has 0 spiro atoms. The van der Waals surface area contributed by atoms with E-state index in [0.717, 1.165) is 23.3 Å². The molecule has 0 heterocycles. The van der Waals surface area contributed by atoms with Crippen LogP contribution in [0.1, 0.15) is 78.5 Å². The van der Waals surface area contributed by atoms with Crippen LogP contribution >= 0.6 is 0 Å². The highest BCUT2D eigenvalue weighted by Crippen LogP contribution is 2.25. The first-order valence-electron chi connectivity index (χ1n) is 11.7. The second kappa shape index (κ2) is 12.8. The average molecular weight is 470 g/mol. The third-order valence-electron chi connectivity index (χ3n) is 5.06. The highest BCUT2D eigenvalue weighted by Gasteiger charge is 2.37. The molecule has 0 aliphatic heterocycles. The number of nitrogens with one attached hydrogen (secondary N) is 2. The van der Waals surface area contributed by atoms with Crippen molar-refractivity contribution in [1.29, 1.82) is 0 Å². The Hall–Kier alpha value is -3.27. The molecule has 3 amide bonds. The third kappa shape index (κ3) is 8.58. The van der Waals surface area contributed by atoms with Gasteiger partial charge in [0.25, 0.3) is 5.91 Å². The zero-order chi connectivity index (χ0) is 26.1. The minimum atomic E-state index is -1.08. The fourth-order valence-corrected chi connectivity index (χ4v) is 3.46. The number of terminal acetylenes is 1. The van der Waals surface area contributed by atoms with Crippen LogP contribution in [0.25, 0.3) is 6.08 Å². The molecule has 0 saturated carbocycles. The molecule has 7 nitrogen and oxygen atoms in total. The van der Waals surface area contributed by atoms with Gasteiger partial charge in [-0.15, -0.1) is 0 Å². The van der Waals surface area contributed by atoms with Crippen molar-refractivity contribution in [2.75, 3.05) is 0 Å². The summed E-state index contributed by atoms with van der Waals surface area (Å²) in [6.07, 6.45) is 8.39. The van der Waals surface area contributed by atoms with Gasteiger partial charge in [-0.3, -0.25) is 14.5 Å². The van der Waals surface area contributed by atoms with Crippen LogP contribution in [-0.4, -0.2) is 40.5 Å². The van der Waals surface area contributed by atoms with Crippen LogP contribution < -0.4 is 10.6 Å². The van der Waals surface area contributed by atoms with Crippen molar-refractivity contribution in [2.45, 2.75) is 85.0 Å². The van der Waals surface area contributed by atoms with Crippen LogP contribution in [0.3, 0.4) is 0 Å². The number of hydrogen-bond acceptors (Lipinski definition) is 4. The van der Waals surface area contributed by atoms with Crippen LogP contribution in [0.2, 0.25) is 0 Å². The lowest BCUT2D eigenvalue weighted by Gasteiger charge is -2.32. The lowest BCUT2D eigenvalue weighted by Crippen LogP contribution is -2.54. The molecule has 34 heavy (non-hydrogen) atoms. The molecular weight excluding hydrogens is 430 g/mol. The van der Waals surface area contributed by atoms with E-state index >= 15 is 0 Å². The Morgan fingerprint density at radius 2 is 1.85 bits per heavy atom. The lowest BCUT2D eigenvalue weighted by atomic mass is 9.98. The lowest BCUT2D eigenvalue weighted by molar-refractivity contribution is -0.139. The molecule has 0 aromatic heterocycles. The Bertz CT molecular complexity index is 911. The minimum Gasteiger partial charge on any atom is -0.444 e. The van der Waals surface area contributed by atoms with Gasteiger partial charge in [0.2, 0.25) is 5.91 Å². The zero-order valence-corrected chi connectivity index (χ0v) is 21.5. The monoisotopic (exact) mass is 469 g/mol. The highest BCUT2D eigenvalue weighted by atomic mass is 16.6. The second-order valence-corrected chi connectivity index (χ2v) is 9.68. The van der Waals surface area contributed by atoms with Gasteiger partial charge >= 0.3 is 6.09 Å². The van der Waals surface area contributed by atoms with Crippen molar-refractivity contribution in [3.63, 3.8) is 0 Å². The number of nitrogens with zero attached hydrogens (tertiary/aromatic N) is 1. The quantitative estimate of drug-likeness (QED) is 0.386. The van der Waals surface area contributed by atoms with Gasteiger partial charge in [0.15, 0.2) is 0 Å². The molecule has 1 rings (SSSR count). The molecule has 3 atom stereocenters. The Labute approximate surface area is 204 Å². The summed E-state index contributed by atoms with van der Waals surface area (Å²) in [5.41, 5.74) is 0.599. The van der Waals surface area contributed by atoms with Crippen molar-refractivity contribution in [3.8, 4) is 12.5 Å². The smallest absolute Gasteiger partial charge is 0.408 e. The van der Waals surface area contributed by atoms with E-state index in [9.17, 15) is 14.4 Å². The number of carbonyl (C=O) groups is 3. The molecule has 186 valence electrons. The number of rotatable bonds is 10. The van der Waals surface area contributed by atoms with Gasteiger partial charge in [-0.05, 0) is 57.2 Å². The maximum absolute atomic E-state index is 13.6. The predicted octanol–water partition coefficient (Wildman–Crippen LogP) is 4.64. The normalized spacial score (nSPS) is 13.7. The highest BCUT2D eigenvalue weighted by molar-refractivity contribution is 5.93. The molecule has 0 saturated heterocycles. The van der Waals surface area contributed by atoms with Gasteiger partial charge in [0.05, 0.1) is 0 Å². The average Bonchev–Trinajstić information content (AvgIpc) is 2.73. The molecule has 0 aliphatic rings. The first-order valence-corrected chi connectivity index (χ1v) is 11.7. The Kier molecular flexibility index (Phi) is 10.9. The van der Waals surface area contributed by atoms with Gasteiger partial charge in [-0.25, -0.2) is 4.79 Å². The largest absolute Gasteiger partial charge is 0.444 e. The van der Waals surface area contributed by atoms with Gasteiger partial charge < -0.3 is 15.4 Å². The van der Waals surface area contributed by atoms with Gasteiger partial charge in [-0.2, -0.15) is 0 Å². The van der Waals surface area contributed by atoms with Crippen molar-refractivity contribution in [3.05, 3.63) is 42.0 Å². The van der Waals surface area contributed by atoms with Crippen molar-refractivity contribution in [2.24, 2.45) is 5.92 Å². The second-order valence-electron chi connectivity index (χ2n) is 9.68. The predicted molar refractivity (Wildman–Crippen MR) is 135 cm³/mol. The molecule has 1 aromatic rings. The van der Waals surface area contributed by atoms with E-state index in [-0.39, 0.29) is 12.0 Å². The van der Waals surface area contributed by atoms with E-state index in [2.05, 4.69) is 23.3 Å². The number of amides is 3. The fraction of sp³-hybridized carbons (Fsp3) is 0.519. The van der Waals surface area contributed by atoms with Crippen molar-refractivity contribution >= 4 is 24.0 Å². The van der Waals surface area contributed by atoms with Crippen LogP contribution in [0, 0.1) is 18.4 Å². The van der Waals surface area contributed by atoms with Crippen molar-refractivity contribution in [1.82, 2.24) is 15.5 Å². The van der Waals surface area contributed by atoms with Gasteiger partial charge in [0.1, 0.15) is 17.7 Å². The van der Waals surface area contributed by atoms with E-state index in [0.29, 0.717) is 5.56 Å². The number of hydrogen-bond donors (Lipinski definition) is 2. The third-order valence-corrected chi connectivity index (χ3v) is 5.06. The van der Waals surface area contributed by atoms with E-state index < -0.39 is 35.6 Å². The first-order chi connectivity index (χ1) is 15.8. The SMILES string of the molecule is C#CN(C(=O)C(NC(=O)OC(C)(C)C)C(C)C)C(C(=O)NC(C)CCC)c1cccc(C=C)c1. The number of ether oxygens (including phenoxy) is 1. The molecular formula is C27H39N3O4. The molecule has 1 aromatic carbocycles. The maximum Gasteiger partial charge on any atom is 0.408 e. The van der Waals surface area contributed by atoms with Crippen LogP contribution in [0.4, 0.5) is 4.79 Å². The molecule has 0 bridgehead atoms. The molecule has 2 N–H and O–H groups in total. The molecule has 0 aliphatic carbocycles. The van der Waals surface area contributed by atoms with Crippen LogP contribution in [0.5, 0.6) is 0 Å². The topological polar surface area (TPSA) is 87.7 Å². The summed E-state index contributed by atoms with van der Waals surface area (Å²) in [6.45, 7) is 16.5. The van der Waals surface area contributed by atoms with Crippen molar-refractivity contribution < 1.29 is 19.1 Å².